The molecule has 6 nitrogen and oxygen atoms in total. The van der Waals surface area contributed by atoms with Gasteiger partial charge in [-0.15, -0.1) is 0 Å². The summed E-state index contributed by atoms with van der Waals surface area (Å²) in [4.78, 5) is 7.58. The molecule has 0 fully saturated rings. The van der Waals surface area contributed by atoms with E-state index in [4.69, 9.17) is 9.47 Å². The van der Waals surface area contributed by atoms with Gasteiger partial charge in [0.05, 0.1) is 13.3 Å². The molecule has 0 amide bonds. The van der Waals surface area contributed by atoms with Crippen LogP contribution in [0.3, 0.4) is 0 Å². The molecule has 0 aliphatic carbocycles. The molecule has 0 unspecified atom stereocenters. The summed E-state index contributed by atoms with van der Waals surface area (Å²) in [5.74, 6) is 0.847. The maximum Gasteiger partial charge on any atom is 0.266 e. The molecule has 100 valence electrons. The van der Waals surface area contributed by atoms with E-state index >= 15 is 0 Å². The molecule has 7 heteroatoms. The van der Waals surface area contributed by atoms with Gasteiger partial charge in [-0.1, -0.05) is 18.2 Å². The second-order valence-electron chi connectivity index (χ2n) is 3.71. The van der Waals surface area contributed by atoms with Crippen LogP contribution in [-0.2, 0) is 9.84 Å². The fourth-order valence-corrected chi connectivity index (χ4v) is 1.82. The maximum atomic E-state index is 11.4. The van der Waals surface area contributed by atoms with Crippen LogP contribution >= 0.6 is 0 Å². The summed E-state index contributed by atoms with van der Waals surface area (Å²) < 4.78 is 33.4. The lowest BCUT2D eigenvalue weighted by molar-refractivity contribution is 0.362. The standard InChI is InChI=1S/C12H12N2O4S/c1-17-10-8-13-12(19(2,15)16)14-11(10)18-9-6-4-3-5-7-9/h3-8H,1-2H3. The van der Waals surface area contributed by atoms with Gasteiger partial charge in [-0.25, -0.2) is 13.4 Å². The van der Waals surface area contributed by atoms with E-state index in [9.17, 15) is 8.42 Å². The predicted molar refractivity (Wildman–Crippen MR) is 68.2 cm³/mol. The van der Waals surface area contributed by atoms with Crippen LogP contribution in [0.5, 0.6) is 17.4 Å². The summed E-state index contributed by atoms with van der Waals surface area (Å²) in [6.07, 6.45) is 2.29. The zero-order valence-corrected chi connectivity index (χ0v) is 11.2. The first kappa shape index (κ1) is 13.3. The van der Waals surface area contributed by atoms with Crippen LogP contribution < -0.4 is 9.47 Å². The first-order valence-corrected chi connectivity index (χ1v) is 7.24. The van der Waals surface area contributed by atoms with Gasteiger partial charge >= 0.3 is 0 Å². The highest BCUT2D eigenvalue weighted by molar-refractivity contribution is 7.90. The first-order chi connectivity index (χ1) is 9.00. The number of nitrogens with zero attached hydrogens (tertiary/aromatic N) is 2. The number of para-hydroxylation sites is 1. The van der Waals surface area contributed by atoms with Gasteiger partial charge in [0, 0.05) is 6.26 Å². The van der Waals surface area contributed by atoms with E-state index in [0.717, 1.165) is 6.26 Å². The van der Waals surface area contributed by atoms with E-state index in [-0.39, 0.29) is 16.8 Å². The minimum atomic E-state index is -3.50. The Labute approximate surface area is 111 Å². The van der Waals surface area contributed by atoms with Gasteiger partial charge in [0.2, 0.25) is 15.0 Å². The lowest BCUT2D eigenvalue weighted by Crippen LogP contribution is -2.05. The molecule has 0 aliphatic heterocycles. The fourth-order valence-electron chi connectivity index (χ4n) is 1.33. The third-order valence-electron chi connectivity index (χ3n) is 2.21. The monoisotopic (exact) mass is 280 g/mol. The predicted octanol–water partition coefficient (Wildman–Crippen LogP) is 1.68. The van der Waals surface area contributed by atoms with Crippen molar-refractivity contribution in [3.63, 3.8) is 0 Å². The van der Waals surface area contributed by atoms with Gasteiger partial charge in [-0.3, -0.25) is 0 Å². The lowest BCUT2D eigenvalue weighted by atomic mass is 10.3. The van der Waals surface area contributed by atoms with Crippen LogP contribution in [0, 0.1) is 0 Å². The second kappa shape index (κ2) is 5.23. The van der Waals surface area contributed by atoms with Crippen molar-refractivity contribution in [2.45, 2.75) is 5.16 Å². The number of sulfone groups is 1. The topological polar surface area (TPSA) is 78.4 Å². The summed E-state index contributed by atoms with van der Waals surface area (Å²) in [6.45, 7) is 0. The molecule has 0 spiro atoms. The van der Waals surface area contributed by atoms with Gasteiger partial charge in [0.25, 0.3) is 5.88 Å². The zero-order chi connectivity index (χ0) is 13.9. The van der Waals surface area contributed by atoms with E-state index in [0.29, 0.717) is 5.75 Å². The molecule has 0 N–H and O–H groups in total. The Morgan fingerprint density at radius 2 is 1.84 bits per heavy atom. The van der Waals surface area contributed by atoms with E-state index in [1.807, 2.05) is 6.07 Å². The number of rotatable bonds is 4. The number of methoxy groups -OCH3 is 1. The summed E-state index contributed by atoms with van der Waals surface area (Å²) in [5.41, 5.74) is 0. The van der Waals surface area contributed by atoms with Crippen LogP contribution in [-0.4, -0.2) is 31.8 Å². The number of aromatic nitrogens is 2. The third kappa shape index (κ3) is 3.19. The fraction of sp³-hybridized carbons (Fsp3) is 0.167. The van der Waals surface area contributed by atoms with Crippen molar-refractivity contribution in [1.29, 1.82) is 0 Å². The summed E-state index contributed by atoms with van der Waals surface area (Å²) in [7, 11) is -2.07. The molecule has 0 aliphatic rings. The molecule has 2 aromatic rings. The highest BCUT2D eigenvalue weighted by atomic mass is 32.2. The van der Waals surface area contributed by atoms with Crippen molar-refractivity contribution in [2.24, 2.45) is 0 Å². The van der Waals surface area contributed by atoms with Gasteiger partial charge in [-0.05, 0) is 12.1 Å². The molecule has 0 saturated carbocycles. The highest BCUT2D eigenvalue weighted by Gasteiger charge is 2.16. The van der Waals surface area contributed by atoms with E-state index in [1.54, 1.807) is 24.3 Å². The quantitative estimate of drug-likeness (QED) is 0.793. The van der Waals surface area contributed by atoms with Crippen molar-refractivity contribution < 1.29 is 17.9 Å². The third-order valence-corrected chi connectivity index (χ3v) is 3.07. The van der Waals surface area contributed by atoms with Gasteiger partial charge in [0.1, 0.15) is 5.75 Å². The Balaban J connectivity index is 2.43. The van der Waals surface area contributed by atoms with Crippen LogP contribution in [0.15, 0.2) is 41.7 Å². The van der Waals surface area contributed by atoms with Gasteiger partial charge < -0.3 is 9.47 Å². The Morgan fingerprint density at radius 3 is 2.42 bits per heavy atom. The summed E-state index contributed by atoms with van der Waals surface area (Å²) in [6, 6.07) is 8.87. The maximum absolute atomic E-state index is 11.4. The molecule has 2 rings (SSSR count). The highest BCUT2D eigenvalue weighted by Crippen LogP contribution is 2.28. The molecule has 0 saturated heterocycles. The van der Waals surface area contributed by atoms with Crippen molar-refractivity contribution in [3.05, 3.63) is 36.5 Å². The van der Waals surface area contributed by atoms with Crippen LogP contribution in [0.1, 0.15) is 0 Å². The zero-order valence-electron chi connectivity index (χ0n) is 10.4. The second-order valence-corrected chi connectivity index (χ2v) is 5.62. The van der Waals surface area contributed by atoms with E-state index < -0.39 is 9.84 Å². The molecule has 19 heavy (non-hydrogen) atoms. The number of ether oxygens (including phenoxy) is 2. The van der Waals surface area contributed by atoms with Crippen molar-refractivity contribution in [1.82, 2.24) is 9.97 Å². The minimum Gasteiger partial charge on any atom is -0.490 e. The molecule has 1 aromatic carbocycles. The van der Waals surface area contributed by atoms with Crippen molar-refractivity contribution in [2.75, 3.05) is 13.4 Å². The number of hydrogen-bond donors (Lipinski definition) is 0. The Hall–Kier alpha value is -2.15. The van der Waals surface area contributed by atoms with E-state index in [2.05, 4.69) is 9.97 Å². The summed E-state index contributed by atoms with van der Waals surface area (Å²) >= 11 is 0. The Bertz CT molecular complexity index is 671. The summed E-state index contributed by atoms with van der Waals surface area (Å²) in [5, 5.41) is -0.306. The van der Waals surface area contributed by atoms with Crippen molar-refractivity contribution >= 4 is 9.84 Å². The first-order valence-electron chi connectivity index (χ1n) is 5.34. The molecular weight excluding hydrogens is 268 g/mol. The largest absolute Gasteiger partial charge is 0.490 e. The van der Waals surface area contributed by atoms with Gasteiger partial charge in [0.15, 0.2) is 5.75 Å². The normalized spacial score (nSPS) is 11.1. The molecule has 0 bridgehead atoms. The molecular formula is C12H12N2O4S. The van der Waals surface area contributed by atoms with Crippen LogP contribution in [0.2, 0.25) is 0 Å². The van der Waals surface area contributed by atoms with E-state index in [1.165, 1.54) is 13.3 Å². The SMILES string of the molecule is COc1cnc(S(C)(=O)=O)nc1Oc1ccccc1. The minimum absolute atomic E-state index is 0.0594. The molecule has 1 heterocycles. The number of benzene rings is 1. The van der Waals surface area contributed by atoms with Crippen molar-refractivity contribution in [3.8, 4) is 17.4 Å². The Kier molecular flexibility index (Phi) is 3.66. The molecule has 0 atom stereocenters. The Morgan fingerprint density at radius 1 is 1.16 bits per heavy atom. The van der Waals surface area contributed by atoms with Crippen LogP contribution in [0.4, 0.5) is 0 Å². The smallest absolute Gasteiger partial charge is 0.266 e. The molecule has 0 radical (unpaired) electrons. The molecule has 1 aromatic heterocycles. The number of hydrogen-bond acceptors (Lipinski definition) is 6. The van der Waals surface area contributed by atoms with Crippen LogP contribution in [0.25, 0.3) is 0 Å². The average Bonchev–Trinajstić information content (AvgIpc) is 2.39. The average molecular weight is 280 g/mol. The lowest BCUT2D eigenvalue weighted by Gasteiger charge is -2.09. The van der Waals surface area contributed by atoms with Gasteiger partial charge in [-0.2, -0.15) is 4.98 Å².